The maximum absolute atomic E-state index is 13.0. The number of halogens is 2. The van der Waals surface area contributed by atoms with E-state index in [-0.39, 0.29) is 16.3 Å². The highest BCUT2D eigenvalue weighted by molar-refractivity contribution is 6.33. The summed E-state index contributed by atoms with van der Waals surface area (Å²) >= 11 is 5.81. The summed E-state index contributed by atoms with van der Waals surface area (Å²) < 4.78 is 22.9. The van der Waals surface area contributed by atoms with Crippen molar-refractivity contribution < 1.29 is 23.1 Å². The highest BCUT2D eigenvalue weighted by atomic mass is 35.5. The first-order chi connectivity index (χ1) is 11.9. The molecule has 0 unspecified atom stereocenters. The van der Waals surface area contributed by atoms with E-state index in [0.29, 0.717) is 5.76 Å². The summed E-state index contributed by atoms with van der Waals surface area (Å²) in [5, 5.41) is 11.4. The lowest BCUT2D eigenvalue weighted by atomic mass is 10.2. The lowest BCUT2D eigenvalue weighted by Gasteiger charge is -2.14. The topological polar surface area (TPSA) is 92.3 Å². The molecule has 2 rings (SSSR count). The van der Waals surface area contributed by atoms with Gasteiger partial charge in [-0.05, 0) is 37.3 Å². The van der Waals surface area contributed by atoms with Crippen molar-refractivity contribution in [1.82, 2.24) is 0 Å². The van der Waals surface area contributed by atoms with Crippen LogP contribution < -0.4 is 5.32 Å². The second kappa shape index (κ2) is 8.13. The molecule has 0 bridgehead atoms. The maximum atomic E-state index is 13.0. The molecule has 0 aliphatic carbocycles. The molecule has 1 aromatic carbocycles. The number of hydrogen-bond acceptors (Lipinski definition) is 5. The average Bonchev–Trinajstić information content (AvgIpc) is 3.08. The molecule has 1 atom stereocenters. The minimum absolute atomic E-state index is 0.00213. The SMILES string of the molecule is C[C@H](OC(=O)/C(C#N)=C/c1ccco1)C(=O)Nc1ccc(F)cc1Cl. The number of nitrogens with zero attached hydrogens (tertiary/aromatic N) is 1. The van der Waals surface area contributed by atoms with Crippen LogP contribution >= 0.6 is 11.6 Å². The molecule has 8 heteroatoms. The molecule has 1 N–H and O–H groups in total. The Balaban J connectivity index is 2.02. The molecular weight excluding hydrogens is 351 g/mol. The third-order valence-corrected chi connectivity index (χ3v) is 3.32. The molecule has 1 amide bonds. The lowest BCUT2D eigenvalue weighted by molar-refractivity contribution is -0.148. The number of nitriles is 1. The Hall–Kier alpha value is -3.11. The summed E-state index contributed by atoms with van der Waals surface area (Å²) in [7, 11) is 0. The lowest BCUT2D eigenvalue weighted by Crippen LogP contribution is -2.30. The van der Waals surface area contributed by atoms with E-state index in [1.54, 1.807) is 18.2 Å². The van der Waals surface area contributed by atoms with Crippen molar-refractivity contribution in [3.05, 3.63) is 58.8 Å². The quantitative estimate of drug-likeness (QED) is 0.499. The molecule has 0 fully saturated rings. The number of esters is 1. The Morgan fingerprint density at radius 2 is 2.20 bits per heavy atom. The predicted octanol–water partition coefficient (Wildman–Crippen LogP) is 3.55. The first-order valence-electron chi connectivity index (χ1n) is 7.03. The minimum Gasteiger partial charge on any atom is -0.465 e. The summed E-state index contributed by atoms with van der Waals surface area (Å²) in [4.78, 5) is 24.0. The summed E-state index contributed by atoms with van der Waals surface area (Å²) in [6.45, 7) is 1.33. The Morgan fingerprint density at radius 1 is 1.44 bits per heavy atom. The van der Waals surface area contributed by atoms with E-state index in [1.807, 2.05) is 0 Å². The van der Waals surface area contributed by atoms with Crippen molar-refractivity contribution in [2.45, 2.75) is 13.0 Å². The standard InChI is InChI=1S/C17H12ClFN2O4/c1-10(16(22)21-15-5-4-12(19)8-14(15)18)25-17(23)11(9-20)7-13-3-2-6-24-13/h2-8,10H,1H3,(H,21,22)/b11-7+/t10-/m0/s1. The summed E-state index contributed by atoms with van der Waals surface area (Å²) in [6.07, 6.45) is 1.38. The number of furan rings is 1. The van der Waals surface area contributed by atoms with Crippen LogP contribution in [0.15, 0.2) is 46.6 Å². The number of carbonyl (C=O) groups excluding carboxylic acids is 2. The Labute approximate surface area is 147 Å². The van der Waals surface area contributed by atoms with Crippen LogP contribution in [-0.4, -0.2) is 18.0 Å². The minimum atomic E-state index is -1.21. The van der Waals surface area contributed by atoms with Gasteiger partial charge in [-0.15, -0.1) is 0 Å². The molecule has 6 nitrogen and oxygen atoms in total. The van der Waals surface area contributed by atoms with Gasteiger partial charge in [-0.25, -0.2) is 9.18 Å². The number of ether oxygens (including phenoxy) is 1. The van der Waals surface area contributed by atoms with E-state index in [1.165, 1.54) is 25.3 Å². The number of amides is 1. The highest BCUT2D eigenvalue weighted by Gasteiger charge is 2.21. The van der Waals surface area contributed by atoms with Crippen molar-refractivity contribution in [3.8, 4) is 6.07 Å². The van der Waals surface area contributed by atoms with Gasteiger partial charge in [0.25, 0.3) is 5.91 Å². The Bertz CT molecular complexity index is 856. The molecular formula is C17H12ClFN2O4. The van der Waals surface area contributed by atoms with E-state index in [2.05, 4.69) is 5.32 Å². The van der Waals surface area contributed by atoms with Gasteiger partial charge in [-0.2, -0.15) is 5.26 Å². The number of rotatable bonds is 5. The van der Waals surface area contributed by atoms with Crippen LogP contribution in [0.1, 0.15) is 12.7 Å². The molecule has 0 saturated carbocycles. The van der Waals surface area contributed by atoms with Crippen LogP contribution in [0.5, 0.6) is 0 Å². The second-order valence-corrected chi connectivity index (χ2v) is 5.25. The number of carbonyl (C=O) groups is 2. The van der Waals surface area contributed by atoms with E-state index in [4.69, 9.17) is 26.0 Å². The molecule has 0 radical (unpaired) electrons. The molecule has 0 aliphatic rings. The largest absolute Gasteiger partial charge is 0.465 e. The van der Waals surface area contributed by atoms with Gasteiger partial charge < -0.3 is 14.5 Å². The zero-order valence-electron chi connectivity index (χ0n) is 13.0. The second-order valence-electron chi connectivity index (χ2n) is 4.85. The van der Waals surface area contributed by atoms with Gasteiger partial charge >= 0.3 is 5.97 Å². The van der Waals surface area contributed by atoms with Gasteiger partial charge in [0.1, 0.15) is 23.2 Å². The summed E-state index contributed by atoms with van der Waals surface area (Å²) in [5.74, 6) is -1.92. The van der Waals surface area contributed by atoms with Crippen LogP contribution in [0.4, 0.5) is 10.1 Å². The van der Waals surface area contributed by atoms with Crippen molar-refractivity contribution in [3.63, 3.8) is 0 Å². The van der Waals surface area contributed by atoms with Gasteiger partial charge in [0.15, 0.2) is 6.10 Å². The van der Waals surface area contributed by atoms with Crippen LogP contribution in [0.2, 0.25) is 5.02 Å². The Kier molecular flexibility index (Phi) is 5.93. The molecule has 1 heterocycles. The number of anilines is 1. The van der Waals surface area contributed by atoms with Gasteiger partial charge in [-0.3, -0.25) is 4.79 Å². The van der Waals surface area contributed by atoms with Crippen LogP contribution in [0.25, 0.3) is 6.08 Å². The van der Waals surface area contributed by atoms with Crippen molar-refractivity contribution in [2.75, 3.05) is 5.32 Å². The van der Waals surface area contributed by atoms with Crippen molar-refractivity contribution >= 4 is 35.2 Å². The van der Waals surface area contributed by atoms with Crippen LogP contribution in [-0.2, 0) is 14.3 Å². The van der Waals surface area contributed by atoms with E-state index >= 15 is 0 Å². The molecule has 2 aromatic rings. The van der Waals surface area contributed by atoms with Crippen molar-refractivity contribution in [2.24, 2.45) is 0 Å². The molecule has 25 heavy (non-hydrogen) atoms. The van der Waals surface area contributed by atoms with Gasteiger partial charge in [0, 0.05) is 6.08 Å². The predicted molar refractivity (Wildman–Crippen MR) is 87.9 cm³/mol. The number of benzene rings is 1. The highest BCUT2D eigenvalue weighted by Crippen LogP contribution is 2.22. The monoisotopic (exact) mass is 362 g/mol. The third-order valence-electron chi connectivity index (χ3n) is 3.01. The molecule has 128 valence electrons. The fourth-order valence-corrected chi connectivity index (χ4v) is 1.97. The zero-order valence-corrected chi connectivity index (χ0v) is 13.7. The van der Waals surface area contributed by atoms with Crippen LogP contribution in [0, 0.1) is 17.1 Å². The number of nitrogens with one attached hydrogen (secondary N) is 1. The van der Waals surface area contributed by atoms with Gasteiger partial charge in [0.05, 0.1) is 17.0 Å². The van der Waals surface area contributed by atoms with E-state index in [9.17, 15) is 14.0 Å². The van der Waals surface area contributed by atoms with Gasteiger partial charge in [0.2, 0.25) is 0 Å². The molecule has 0 saturated heterocycles. The number of hydrogen-bond donors (Lipinski definition) is 1. The maximum Gasteiger partial charge on any atom is 0.349 e. The summed E-state index contributed by atoms with van der Waals surface area (Å²) in [5.41, 5.74) is -0.156. The first kappa shape index (κ1) is 18.2. The fourth-order valence-electron chi connectivity index (χ4n) is 1.76. The van der Waals surface area contributed by atoms with Crippen molar-refractivity contribution in [1.29, 1.82) is 5.26 Å². The van der Waals surface area contributed by atoms with Gasteiger partial charge in [-0.1, -0.05) is 11.6 Å². The van der Waals surface area contributed by atoms with E-state index in [0.717, 1.165) is 12.1 Å². The zero-order chi connectivity index (χ0) is 18.4. The smallest absolute Gasteiger partial charge is 0.349 e. The fraction of sp³-hybridized carbons (Fsp3) is 0.118. The average molecular weight is 363 g/mol. The molecule has 1 aromatic heterocycles. The Morgan fingerprint density at radius 3 is 2.80 bits per heavy atom. The third kappa shape index (κ3) is 4.93. The first-order valence-corrected chi connectivity index (χ1v) is 7.40. The summed E-state index contributed by atoms with van der Waals surface area (Å²) in [6, 6.07) is 8.26. The molecule has 0 aliphatic heterocycles. The van der Waals surface area contributed by atoms with Crippen LogP contribution in [0.3, 0.4) is 0 Å². The van der Waals surface area contributed by atoms with E-state index < -0.39 is 23.8 Å². The molecule has 0 spiro atoms. The normalized spacial score (nSPS) is 12.2.